The van der Waals surface area contributed by atoms with Crippen LogP contribution in [-0.4, -0.2) is 70.0 Å². The van der Waals surface area contributed by atoms with Gasteiger partial charge in [-0.1, -0.05) is 48.9 Å². The zero-order valence-electron chi connectivity index (χ0n) is 25.7. The van der Waals surface area contributed by atoms with Crippen LogP contribution in [0.2, 0.25) is 0 Å². The van der Waals surface area contributed by atoms with Crippen molar-refractivity contribution >= 4 is 45.2 Å². The minimum absolute atomic E-state index is 0.0157. The first-order chi connectivity index (χ1) is 20.9. The Morgan fingerprint density at radius 2 is 1.73 bits per heavy atom. The molecule has 0 bridgehead atoms. The summed E-state index contributed by atoms with van der Waals surface area (Å²) >= 11 is 1.35. The van der Waals surface area contributed by atoms with Crippen LogP contribution in [0.15, 0.2) is 64.5 Å². The fourth-order valence-corrected chi connectivity index (χ4v) is 9.74. The van der Waals surface area contributed by atoms with Crippen LogP contribution in [0, 0.1) is 0 Å². The molecule has 0 saturated carbocycles. The molecule has 2 aliphatic rings. The number of benzene rings is 2. The summed E-state index contributed by atoms with van der Waals surface area (Å²) in [5.74, 6) is -1.70. The molecule has 11 heteroatoms. The number of thioether (sulfide) groups is 1. The van der Waals surface area contributed by atoms with Gasteiger partial charge < -0.3 is 10.4 Å². The van der Waals surface area contributed by atoms with Crippen LogP contribution in [0.3, 0.4) is 0 Å². The van der Waals surface area contributed by atoms with Gasteiger partial charge >= 0.3 is 5.97 Å². The first-order valence-corrected chi connectivity index (χ1v) is 17.6. The quantitative estimate of drug-likeness (QED) is 0.261. The van der Waals surface area contributed by atoms with Gasteiger partial charge in [0.1, 0.15) is 17.9 Å². The minimum atomic E-state index is -4.02. The molecule has 0 aromatic heterocycles. The summed E-state index contributed by atoms with van der Waals surface area (Å²) in [6.07, 6.45) is 7.13. The number of carboxylic acid groups (broad SMARTS) is 1. The summed E-state index contributed by atoms with van der Waals surface area (Å²) in [6, 6.07) is 12.7. The first-order valence-electron chi connectivity index (χ1n) is 15.3. The van der Waals surface area contributed by atoms with Crippen molar-refractivity contribution in [2.75, 3.05) is 6.54 Å². The summed E-state index contributed by atoms with van der Waals surface area (Å²) in [5, 5.41) is 12.0. The Hall–Kier alpha value is -3.02. The van der Waals surface area contributed by atoms with Crippen LogP contribution in [-0.2, 0) is 37.2 Å². The highest BCUT2D eigenvalue weighted by Crippen LogP contribution is 2.46. The molecule has 3 atom stereocenters. The smallest absolute Gasteiger partial charge is 0.326 e. The Kier molecular flexibility index (Phi) is 11.4. The molecule has 2 heterocycles. The lowest BCUT2D eigenvalue weighted by Gasteiger charge is -2.31. The fourth-order valence-electron chi connectivity index (χ4n) is 5.98. The van der Waals surface area contributed by atoms with E-state index < -0.39 is 44.1 Å². The highest BCUT2D eigenvalue weighted by Gasteiger charge is 2.55. The molecule has 1 saturated heterocycles. The number of nitrogens with zero attached hydrogens (tertiary/aromatic N) is 2. The lowest BCUT2D eigenvalue weighted by atomic mass is 9.99. The molecule has 238 valence electrons. The number of nitrogens with one attached hydrogen (secondary N) is 1. The Bertz CT molecular complexity index is 1460. The van der Waals surface area contributed by atoms with Gasteiger partial charge in [0.2, 0.25) is 15.9 Å². The third-order valence-electron chi connectivity index (χ3n) is 8.17. The maximum Gasteiger partial charge on any atom is 0.326 e. The topological polar surface area (TPSA) is 133 Å². The number of ketones is 1. The van der Waals surface area contributed by atoms with Gasteiger partial charge in [0.15, 0.2) is 0 Å². The highest BCUT2D eigenvalue weighted by atomic mass is 32.2. The van der Waals surface area contributed by atoms with Crippen LogP contribution in [0.1, 0.15) is 76.8 Å². The number of amides is 1. The number of aliphatic carboxylic acids is 1. The number of carboxylic acids is 1. The van der Waals surface area contributed by atoms with E-state index in [-0.39, 0.29) is 17.1 Å². The molecule has 2 aromatic rings. The van der Waals surface area contributed by atoms with Crippen LogP contribution in [0.25, 0.3) is 0 Å². The SMILES string of the molecule is CC1SC(C)(C)[C@@H](C(=O)N[C@@H](Cc2ccc(CC(=O)CCCCCC3=NCCC3)cc2)C(=O)O)N1S(=O)(=O)c1ccccc1. The zero-order chi connectivity index (χ0) is 31.9. The third kappa shape index (κ3) is 8.57. The molecule has 1 unspecified atom stereocenters. The van der Waals surface area contributed by atoms with E-state index in [2.05, 4.69) is 10.3 Å². The van der Waals surface area contributed by atoms with Crippen LogP contribution in [0.5, 0.6) is 0 Å². The van der Waals surface area contributed by atoms with E-state index in [4.69, 9.17) is 0 Å². The monoisotopic (exact) mass is 641 g/mol. The number of hydrogen-bond donors (Lipinski definition) is 2. The molecule has 2 N–H and O–H groups in total. The number of hydrogen-bond acceptors (Lipinski definition) is 7. The van der Waals surface area contributed by atoms with Gasteiger partial charge in [-0.2, -0.15) is 4.31 Å². The predicted molar refractivity (Wildman–Crippen MR) is 173 cm³/mol. The van der Waals surface area contributed by atoms with Gasteiger partial charge in [0.25, 0.3) is 0 Å². The van der Waals surface area contributed by atoms with Gasteiger partial charge in [-0.25, -0.2) is 13.2 Å². The largest absolute Gasteiger partial charge is 0.480 e. The third-order valence-corrected chi connectivity index (χ3v) is 11.7. The molecule has 2 aliphatic heterocycles. The molecule has 9 nitrogen and oxygen atoms in total. The average molecular weight is 642 g/mol. The zero-order valence-corrected chi connectivity index (χ0v) is 27.3. The van der Waals surface area contributed by atoms with Gasteiger partial charge in [-0.3, -0.25) is 14.6 Å². The average Bonchev–Trinajstić information content (AvgIpc) is 3.58. The maximum atomic E-state index is 13.6. The number of aliphatic imine (C=N–C) groups is 1. The molecule has 44 heavy (non-hydrogen) atoms. The van der Waals surface area contributed by atoms with E-state index in [1.165, 1.54) is 33.9 Å². The second-order valence-electron chi connectivity index (χ2n) is 12.1. The van der Waals surface area contributed by atoms with Crippen molar-refractivity contribution in [3.05, 3.63) is 65.7 Å². The lowest BCUT2D eigenvalue weighted by Crippen LogP contribution is -2.57. The van der Waals surface area contributed by atoms with E-state index in [1.54, 1.807) is 51.1 Å². The van der Waals surface area contributed by atoms with Gasteiger partial charge in [-0.05, 0) is 76.1 Å². The summed E-state index contributed by atoms with van der Waals surface area (Å²) in [6.45, 7) is 6.27. The molecule has 1 amide bonds. The minimum Gasteiger partial charge on any atom is -0.480 e. The maximum absolute atomic E-state index is 13.6. The van der Waals surface area contributed by atoms with Crippen molar-refractivity contribution in [1.29, 1.82) is 0 Å². The molecule has 4 rings (SSSR count). The normalized spacial score (nSPS) is 20.7. The van der Waals surface area contributed by atoms with E-state index in [9.17, 15) is 27.9 Å². The van der Waals surface area contributed by atoms with Gasteiger partial charge in [0.05, 0.1) is 10.3 Å². The summed E-state index contributed by atoms with van der Waals surface area (Å²) in [7, 11) is -4.02. The highest BCUT2D eigenvalue weighted by molar-refractivity contribution is 8.02. The standard InChI is InChI=1S/C33H43N3O6S2/c1-23-36(44(41,42)28-14-8-5-9-15-28)30(33(2,3)43-23)31(38)35-29(32(39)40)22-25-18-16-24(17-19-25)21-27(37)13-7-4-6-11-26-12-10-20-34-26/h5,8-9,14-19,23,29-30H,4,6-7,10-13,20-22H2,1-3H3,(H,35,38)(H,39,40)/t23?,29-,30+/m0/s1. The lowest BCUT2D eigenvalue weighted by molar-refractivity contribution is -0.142. The second kappa shape index (κ2) is 14.8. The molecule has 2 aromatic carbocycles. The Morgan fingerprint density at radius 3 is 2.36 bits per heavy atom. The number of carbonyl (C=O) groups excluding carboxylic acids is 2. The number of sulfonamides is 1. The van der Waals surface area contributed by atoms with E-state index in [0.717, 1.165) is 50.6 Å². The van der Waals surface area contributed by atoms with Crippen LogP contribution < -0.4 is 5.32 Å². The summed E-state index contributed by atoms with van der Waals surface area (Å²) < 4.78 is 27.6. The van der Waals surface area contributed by atoms with Gasteiger partial charge in [-0.15, -0.1) is 11.8 Å². The van der Waals surface area contributed by atoms with Gasteiger partial charge in [0, 0.05) is 36.3 Å². The van der Waals surface area contributed by atoms with Crippen LogP contribution >= 0.6 is 11.8 Å². The Morgan fingerprint density at radius 1 is 1.05 bits per heavy atom. The predicted octanol–water partition coefficient (Wildman–Crippen LogP) is 5.03. The fraction of sp³-hybridized carbons (Fsp3) is 0.515. The van der Waals surface area contributed by atoms with E-state index in [1.807, 2.05) is 12.1 Å². The van der Waals surface area contributed by atoms with Crippen molar-refractivity contribution in [3.8, 4) is 0 Å². The molecule has 1 fully saturated rings. The Balaban J connectivity index is 1.34. The molecular weight excluding hydrogens is 599 g/mol. The number of unbranched alkanes of at least 4 members (excludes halogenated alkanes) is 2. The first kappa shape index (κ1) is 33.9. The molecule has 0 aliphatic carbocycles. The van der Waals surface area contributed by atoms with Crippen molar-refractivity contribution in [2.24, 2.45) is 4.99 Å². The molecular formula is C33H43N3O6S2. The summed E-state index contributed by atoms with van der Waals surface area (Å²) in [4.78, 5) is 42.9. The van der Waals surface area contributed by atoms with Crippen molar-refractivity contribution in [2.45, 2.75) is 106 Å². The van der Waals surface area contributed by atoms with E-state index >= 15 is 0 Å². The number of rotatable bonds is 15. The van der Waals surface area contributed by atoms with Crippen molar-refractivity contribution < 1.29 is 27.9 Å². The Labute approximate surface area is 265 Å². The van der Waals surface area contributed by atoms with E-state index in [0.29, 0.717) is 18.4 Å². The van der Waals surface area contributed by atoms with Crippen molar-refractivity contribution in [3.63, 3.8) is 0 Å². The number of carbonyl (C=O) groups is 3. The number of Topliss-reactive ketones (excluding diaryl/α,β-unsaturated/α-hetero) is 1. The molecule has 0 spiro atoms. The summed E-state index contributed by atoms with van der Waals surface area (Å²) in [5.41, 5.74) is 2.86. The van der Waals surface area contributed by atoms with Crippen molar-refractivity contribution in [1.82, 2.24) is 9.62 Å². The second-order valence-corrected chi connectivity index (χ2v) is 15.9. The molecule has 0 radical (unpaired) electrons. The van der Waals surface area contributed by atoms with Crippen LogP contribution in [0.4, 0.5) is 0 Å².